The van der Waals surface area contributed by atoms with Crippen LogP contribution in [-0.2, 0) is 23.5 Å². The van der Waals surface area contributed by atoms with Crippen molar-refractivity contribution in [2.45, 2.75) is 18.2 Å². The predicted molar refractivity (Wildman–Crippen MR) is 82.4 cm³/mol. The van der Waals surface area contributed by atoms with Crippen molar-refractivity contribution in [1.29, 1.82) is 0 Å². The molecule has 0 aliphatic heterocycles. The Morgan fingerprint density at radius 2 is 2.10 bits per heavy atom. The van der Waals surface area contributed by atoms with Gasteiger partial charge in [0, 0.05) is 31.2 Å². The van der Waals surface area contributed by atoms with Gasteiger partial charge in [-0.15, -0.1) is 0 Å². The van der Waals surface area contributed by atoms with Crippen molar-refractivity contribution in [2.75, 3.05) is 17.6 Å². The molecule has 5 N–H and O–H groups in total. The molecule has 21 heavy (non-hydrogen) atoms. The maximum Gasteiger partial charge on any atom is 0.238 e. The summed E-state index contributed by atoms with van der Waals surface area (Å²) in [6.07, 6.45) is 4.50. The number of nitrogens with zero attached hydrogens (tertiary/aromatic N) is 2. The van der Waals surface area contributed by atoms with Crippen molar-refractivity contribution in [3.05, 3.63) is 35.7 Å². The Labute approximate surface area is 124 Å². The Morgan fingerprint density at radius 3 is 2.67 bits per heavy atom. The van der Waals surface area contributed by atoms with Gasteiger partial charge in [-0.3, -0.25) is 4.68 Å². The van der Waals surface area contributed by atoms with E-state index in [1.807, 2.05) is 13.2 Å². The zero-order valence-corrected chi connectivity index (χ0v) is 12.8. The molecule has 114 valence electrons. The lowest BCUT2D eigenvalue weighted by Gasteiger charge is -2.13. The summed E-state index contributed by atoms with van der Waals surface area (Å²) in [5.41, 5.74) is 8.43. The molecule has 7 nitrogen and oxygen atoms in total. The van der Waals surface area contributed by atoms with E-state index in [1.54, 1.807) is 23.9 Å². The number of aryl methyl sites for hydroxylation is 1. The van der Waals surface area contributed by atoms with Gasteiger partial charge >= 0.3 is 0 Å². The molecular formula is C13H19N5O2S. The Bertz CT molecular complexity index is 752. The number of aromatic nitrogens is 2. The molecule has 1 heterocycles. The van der Waals surface area contributed by atoms with Crippen LogP contribution in [0.15, 0.2) is 29.4 Å². The molecule has 8 heteroatoms. The van der Waals surface area contributed by atoms with Crippen LogP contribution >= 0.6 is 0 Å². The molecule has 2 rings (SSSR count). The molecule has 1 aromatic carbocycles. The molecule has 0 fully saturated rings. The number of primary sulfonamides is 1. The number of hydrogen-bond donors (Lipinski definition) is 3. The Hall–Kier alpha value is -2.06. The second kappa shape index (κ2) is 5.74. The second-order valence-electron chi connectivity index (χ2n) is 4.94. The molecule has 0 atom stereocenters. The van der Waals surface area contributed by atoms with E-state index >= 15 is 0 Å². The van der Waals surface area contributed by atoms with Crippen molar-refractivity contribution in [3.63, 3.8) is 0 Å². The standard InChI is InChI=1S/C13H19N5O2S/c1-9-12(5-11(14)6-13(9)21(15,19)20)16-4-3-10-7-17-18(2)8-10/h5-8,16H,3-4,14H2,1-2H3,(H2,15,19,20). The number of nitrogens with one attached hydrogen (secondary N) is 1. The van der Waals surface area contributed by atoms with Gasteiger partial charge in [-0.25, -0.2) is 13.6 Å². The van der Waals surface area contributed by atoms with Gasteiger partial charge < -0.3 is 11.1 Å². The number of anilines is 2. The summed E-state index contributed by atoms with van der Waals surface area (Å²) in [4.78, 5) is 0.0476. The monoisotopic (exact) mass is 309 g/mol. The van der Waals surface area contributed by atoms with E-state index in [9.17, 15) is 8.42 Å². The van der Waals surface area contributed by atoms with Crippen LogP contribution in [0.5, 0.6) is 0 Å². The van der Waals surface area contributed by atoms with Crippen molar-refractivity contribution >= 4 is 21.4 Å². The fraction of sp³-hybridized carbons (Fsp3) is 0.308. The number of rotatable bonds is 5. The van der Waals surface area contributed by atoms with Gasteiger partial charge in [-0.2, -0.15) is 5.10 Å². The summed E-state index contributed by atoms with van der Waals surface area (Å²) in [5, 5.41) is 12.5. The lowest BCUT2D eigenvalue weighted by atomic mass is 10.1. The fourth-order valence-corrected chi connectivity index (χ4v) is 2.97. The first-order valence-electron chi connectivity index (χ1n) is 6.41. The van der Waals surface area contributed by atoms with E-state index in [1.165, 1.54) is 6.07 Å². The van der Waals surface area contributed by atoms with Crippen LogP contribution in [0.3, 0.4) is 0 Å². The first kappa shape index (κ1) is 15.3. The molecule has 2 aromatic rings. The van der Waals surface area contributed by atoms with E-state index in [2.05, 4.69) is 10.4 Å². The van der Waals surface area contributed by atoms with E-state index in [0.29, 0.717) is 23.5 Å². The lowest BCUT2D eigenvalue weighted by molar-refractivity contribution is 0.597. The van der Waals surface area contributed by atoms with Crippen molar-refractivity contribution in [3.8, 4) is 0 Å². The Balaban J connectivity index is 2.15. The van der Waals surface area contributed by atoms with E-state index in [-0.39, 0.29) is 4.90 Å². The maximum atomic E-state index is 11.5. The van der Waals surface area contributed by atoms with Crippen LogP contribution in [0.2, 0.25) is 0 Å². The summed E-state index contributed by atoms with van der Waals surface area (Å²) in [7, 11) is -1.93. The molecule has 0 unspecified atom stereocenters. The zero-order chi connectivity index (χ0) is 15.6. The average Bonchev–Trinajstić information content (AvgIpc) is 2.77. The number of benzene rings is 1. The van der Waals surface area contributed by atoms with E-state index in [0.717, 1.165) is 12.0 Å². The van der Waals surface area contributed by atoms with Crippen LogP contribution in [0.25, 0.3) is 0 Å². The molecule has 0 spiro atoms. The smallest absolute Gasteiger partial charge is 0.238 e. The van der Waals surface area contributed by atoms with Crippen LogP contribution in [0.1, 0.15) is 11.1 Å². The maximum absolute atomic E-state index is 11.5. The average molecular weight is 309 g/mol. The minimum Gasteiger partial charge on any atom is -0.399 e. The van der Waals surface area contributed by atoms with Gasteiger partial charge in [0.05, 0.1) is 11.1 Å². The highest BCUT2D eigenvalue weighted by molar-refractivity contribution is 7.89. The predicted octanol–water partition coefficient (Wildman–Crippen LogP) is 0.613. The van der Waals surface area contributed by atoms with Gasteiger partial charge in [0.25, 0.3) is 0 Å². The van der Waals surface area contributed by atoms with Gasteiger partial charge in [-0.05, 0) is 36.6 Å². The molecule has 0 saturated heterocycles. The Kier molecular flexibility index (Phi) is 4.19. The molecule has 0 bridgehead atoms. The van der Waals surface area contributed by atoms with E-state index in [4.69, 9.17) is 10.9 Å². The molecule has 0 aliphatic rings. The third-order valence-corrected chi connectivity index (χ3v) is 4.21. The highest BCUT2D eigenvalue weighted by atomic mass is 32.2. The summed E-state index contributed by atoms with van der Waals surface area (Å²) < 4.78 is 24.8. The molecular weight excluding hydrogens is 290 g/mol. The lowest BCUT2D eigenvalue weighted by Crippen LogP contribution is -2.16. The van der Waals surface area contributed by atoms with Crippen molar-refractivity contribution in [1.82, 2.24) is 9.78 Å². The molecule has 0 radical (unpaired) electrons. The topological polar surface area (TPSA) is 116 Å². The summed E-state index contributed by atoms with van der Waals surface area (Å²) in [6.45, 7) is 2.34. The van der Waals surface area contributed by atoms with Crippen LogP contribution in [-0.4, -0.2) is 24.7 Å². The first-order chi connectivity index (χ1) is 9.77. The molecule has 0 amide bonds. The quantitative estimate of drug-likeness (QED) is 0.700. The molecule has 0 aliphatic carbocycles. The van der Waals surface area contributed by atoms with Crippen LogP contribution in [0, 0.1) is 6.92 Å². The van der Waals surface area contributed by atoms with Crippen molar-refractivity contribution < 1.29 is 8.42 Å². The van der Waals surface area contributed by atoms with Gasteiger partial charge in [0.15, 0.2) is 0 Å². The number of nitrogens with two attached hydrogens (primary N) is 2. The largest absolute Gasteiger partial charge is 0.399 e. The summed E-state index contributed by atoms with van der Waals surface area (Å²) >= 11 is 0. The highest BCUT2D eigenvalue weighted by Gasteiger charge is 2.15. The van der Waals surface area contributed by atoms with E-state index < -0.39 is 10.0 Å². The third-order valence-electron chi connectivity index (χ3n) is 3.18. The third kappa shape index (κ3) is 3.73. The van der Waals surface area contributed by atoms with Crippen molar-refractivity contribution in [2.24, 2.45) is 12.2 Å². The Morgan fingerprint density at radius 1 is 1.38 bits per heavy atom. The highest BCUT2D eigenvalue weighted by Crippen LogP contribution is 2.26. The van der Waals surface area contributed by atoms with Gasteiger partial charge in [0.1, 0.15) is 0 Å². The van der Waals surface area contributed by atoms with Crippen LogP contribution in [0.4, 0.5) is 11.4 Å². The minimum atomic E-state index is -3.79. The van der Waals surface area contributed by atoms with Crippen LogP contribution < -0.4 is 16.2 Å². The summed E-state index contributed by atoms with van der Waals surface area (Å²) in [5.74, 6) is 0. The molecule has 0 saturated carbocycles. The number of nitrogen functional groups attached to an aromatic ring is 1. The van der Waals surface area contributed by atoms with Gasteiger partial charge in [0.2, 0.25) is 10.0 Å². The SMILES string of the molecule is Cc1c(NCCc2cnn(C)c2)cc(N)cc1S(N)(=O)=O. The van der Waals surface area contributed by atoms with Gasteiger partial charge in [-0.1, -0.05) is 0 Å². The fourth-order valence-electron chi connectivity index (χ4n) is 2.13. The first-order valence-corrected chi connectivity index (χ1v) is 7.96. The second-order valence-corrected chi connectivity index (χ2v) is 6.47. The zero-order valence-electron chi connectivity index (χ0n) is 12.0. The number of sulfonamides is 1. The molecule has 1 aromatic heterocycles. The number of hydrogen-bond acceptors (Lipinski definition) is 5. The normalized spacial score (nSPS) is 11.6. The summed E-state index contributed by atoms with van der Waals surface area (Å²) in [6, 6.07) is 3.07. The minimum absolute atomic E-state index is 0.0476.